The zero-order valence-electron chi connectivity index (χ0n) is 8.63. The van der Waals surface area contributed by atoms with Crippen LogP contribution in [0.3, 0.4) is 0 Å². The Balaban J connectivity index is 4.16. The molecule has 0 heterocycles. The summed E-state index contributed by atoms with van der Waals surface area (Å²) < 4.78 is 0. The van der Waals surface area contributed by atoms with Gasteiger partial charge in [-0.3, -0.25) is 10.4 Å². The normalized spacial score (nSPS) is 11.2. The summed E-state index contributed by atoms with van der Waals surface area (Å²) in [5, 5.41) is 1.12. The number of hydrogen-bond donors (Lipinski definition) is 3. The standard InChI is InChI=1S/C8H20N4O/c1-4-8(3,5-2)6-12(10)7(13)11-9/h4-6,9-10H2,1-3H3,(H,11,13). The second-order valence-corrected chi connectivity index (χ2v) is 3.60. The molecule has 0 fully saturated rings. The van der Waals surface area contributed by atoms with Crippen LogP contribution < -0.4 is 17.1 Å². The van der Waals surface area contributed by atoms with E-state index in [9.17, 15) is 4.79 Å². The Morgan fingerprint density at radius 2 is 1.92 bits per heavy atom. The summed E-state index contributed by atoms with van der Waals surface area (Å²) in [6.07, 6.45) is 1.96. The highest BCUT2D eigenvalue weighted by Gasteiger charge is 2.24. The molecule has 78 valence electrons. The van der Waals surface area contributed by atoms with Crippen LogP contribution in [0.5, 0.6) is 0 Å². The fourth-order valence-electron chi connectivity index (χ4n) is 1.04. The molecule has 0 rings (SSSR count). The van der Waals surface area contributed by atoms with Gasteiger partial charge in [-0.2, -0.15) is 0 Å². The molecule has 0 bridgehead atoms. The number of hydrogen-bond acceptors (Lipinski definition) is 3. The van der Waals surface area contributed by atoms with E-state index in [0.29, 0.717) is 6.54 Å². The summed E-state index contributed by atoms with van der Waals surface area (Å²) in [4.78, 5) is 11.0. The largest absolute Gasteiger partial charge is 0.345 e. The average Bonchev–Trinajstić information content (AvgIpc) is 2.16. The fourth-order valence-corrected chi connectivity index (χ4v) is 1.04. The molecule has 0 aromatic carbocycles. The Hall–Kier alpha value is -0.810. The van der Waals surface area contributed by atoms with Crippen LogP contribution in [0.15, 0.2) is 0 Å². The zero-order chi connectivity index (χ0) is 10.5. The van der Waals surface area contributed by atoms with Gasteiger partial charge in [-0.05, 0) is 18.3 Å². The monoisotopic (exact) mass is 188 g/mol. The molecule has 5 nitrogen and oxygen atoms in total. The van der Waals surface area contributed by atoms with Gasteiger partial charge in [0, 0.05) is 6.54 Å². The van der Waals surface area contributed by atoms with E-state index in [-0.39, 0.29) is 5.41 Å². The molecule has 2 amide bonds. The second-order valence-electron chi connectivity index (χ2n) is 3.60. The number of nitrogens with one attached hydrogen (secondary N) is 1. The maximum Gasteiger partial charge on any atom is 0.345 e. The molecule has 0 aliphatic rings. The third kappa shape index (κ3) is 3.61. The quantitative estimate of drug-likeness (QED) is 0.342. The lowest BCUT2D eigenvalue weighted by Gasteiger charge is -2.31. The van der Waals surface area contributed by atoms with Crippen LogP contribution in [0.4, 0.5) is 4.79 Å². The van der Waals surface area contributed by atoms with Crippen molar-refractivity contribution in [2.75, 3.05) is 6.54 Å². The summed E-state index contributed by atoms with van der Waals surface area (Å²) in [5.74, 6) is 10.5. The number of nitrogens with zero attached hydrogens (tertiary/aromatic N) is 1. The molecule has 13 heavy (non-hydrogen) atoms. The summed E-state index contributed by atoms with van der Waals surface area (Å²) in [6.45, 7) is 6.77. The minimum atomic E-state index is -0.451. The molecule has 5 heteroatoms. The highest BCUT2D eigenvalue weighted by molar-refractivity contribution is 5.72. The van der Waals surface area contributed by atoms with Gasteiger partial charge in [0.15, 0.2) is 0 Å². The molecule has 0 saturated heterocycles. The van der Waals surface area contributed by atoms with Gasteiger partial charge >= 0.3 is 6.03 Å². The minimum Gasteiger partial charge on any atom is -0.275 e. The van der Waals surface area contributed by atoms with E-state index in [1.807, 2.05) is 5.43 Å². The topological polar surface area (TPSA) is 84.4 Å². The summed E-state index contributed by atoms with van der Waals surface area (Å²) in [7, 11) is 0. The van der Waals surface area contributed by atoms with Gasteiger partial charge in [-0.25, -0.2) is 16.5 Å². The Kier molecular flexibility index (Phi) is 4.72. The molecule has 0 aliphatic heterocycles. The van der Waals surface area contributed by atoms with Crippen LogP contribution in [0.2, 0.25) is 0 Å². The predicted octanol–water partition coefficient (Wildman–Crippen LogP) is 0.572. The zero-order valence-corrected chi connectivity index (χ0v) is 8.63. The van der Waals surface area contributed by atoms with Gasteiger partial charge in [-0.1, -0.05) is 20.8 Å². The number of rotatable bonds is 4. The summed E-state index contributed by atoms with van der Waals surface area (Å²) in [6, 6.07) is -0.451. The van der Waals surface area contributed by atoms with Crippen molar-refractivity contribution in [3.8, 4) is 0 Å². The molecule has 0 radical (unpaired) electrons. The number of nitrogens with two attached hydrogens (primary N) is 2. The number of carbonyl (C=O) groups is 1. The van der Waals surface area contributed by atoms with E-state index < -0.39 is 6.03 Å². The van der Waals surface area contributed by atoms with Crippen LogP contribution in [-0.2, 0) is 0 Å². The second kappa shape index (κ2) is 5.04. The van der Waals surface area contributed by atoms with E-state index in [1.54, 1.807) is 0 Å². The van der Waals surface area contributed by atoms with E-state index in [2.05, 4.69) is 20.8 Å². The number of carbonyl (C=O) groups excluding carboxylic acids is 1. The lowest BCUT2D eigenvalue weighted by atomic mass is 9.84. The first-order valence-corrected chi connectivity index (χ1v) is 4.52. The lowest BCUT2D eigenvalue weighted by Crippen LogP contribution is -2.51. The van der Waals surface area contributed by atoms with Gasteiger partial charge in [-0.15, -0.1) is 0 Å². The van der Waals surface area contributed by atoms with Crippen molar-refractivity contribution in [2.24, 2.45) is 17.1 Å². The third-order valence-electron chi connectivity index (χ3n) is 2.64. The molecular weight excluding hydrogens is 168 g/mol. The van der Waals surface area contributed by atoms with Crippen molar-refractivity contribution in [2.45, 2.75) is 33.6 Å². The molecule has 5 N–H and O–H groups in total. The average molecular weight is 188 g/mol. The number of urea groups is 1. The van der Waals surface area contributed by atoms with Gasteiger partial charge < -0.3 is 0 Å². The van der Waals surface area contributed by atoms with Crippen molar-refractivity contribution in [3.05, 3.63) is 0 Å². The van der Waals surface area contributed by atoms with E-state index in [4.69, 9.17) is 11.7 Å². The first kappa shape index (κ1) is 12.2. The number of amides is 2. The minimum absolute atomic E-state index is 0.0707. The van der Waals surface area contributed by atoms with Crippen molar-refractivity contribution >= 4 is 6.03 Å². The van der Waals surface area contributed by atoms with E-state index in [1.165, 1.54) is 0 Å². The highest BCUT2D eigenvalue weighted by atomic mass is 16.2. The van der Waals surface area contributed by atoms with Gasteiger partial charge in [0.25, 0.3) is 0 Å². The predicted molar refractivity (Wildman–Crippen MR) is 52.3 cm³/mol. The van der Waals surface area contributed by atoms with Gasteiger partial charge in [0.05, 0.1) is 0 Å². The lowest BCUT2D eigenvalue weighted by molar-refractivity contribution is 0.155. The van der Waals surface area contributed by atoms with E-state index >= 15 is 0 Å². The molecule has 0 aliphatic carbocycles. The Labute approximate surface area is 79.4 Å². The summed E-state index contributed by atoms with van der Waals surface area (Å²) in [5.41, 5.74) is 2.07. The SMILES string of the molecule is CCC(C)(CC)CN(N)C(=O)NN. The fraction of sp³-hybridized carbons (Fsp3) is 0.875. The first-order valence-electron chi connectivity index (χ1n) is 4.52. The van der Waals surface area contributed by atoms with Gasteiger partial charge in [0.2, 0.25) is 0 Å². The van der Waals surface area contributed by atoms with E-state index in [0.717, 1.165) is 17.9 Å². The molecular formula is C8H20N4O. The Bertz CT molecular complexity index is 168. The van der Waals surface area contributed by atoms with Crippen molar-refractivity contribution < 1.29 is 4.79 Å². The Morgan fingerprint density at radius 1 is 1.46 bits per heavy atom. The van der Waals surface area contributed by atoms with Crippen LogP contribution in [0, 0.1) is 5.41 Å². The first-order chi connectivity index (χ1) is 5.99. The molecule has 0 saturated carbocycles. The van der Waals surface area contributed by atoms with Gasteiger partial charge in [0.1, 0.15) is 0 Å². The molecule has 0 aromatic rings. The molecule has 0 aromatic heterocycles. The van der Waals surface area contributed by atoms with Crippen LogP contribution in [0.25, 0.3) is 0 Å². The van der Waals surface area contributed by atoms with Crippen molar-refractivity contribution in [1.82, 2.24) is 10.4 Å². The molecule has 0 spiro atoms. The summed E-state index contributed by atoms with van der Waals surface area (Å²) >= 11 is 0. The van der Waals surface area contributed by atoms with Crippen LogP contribution in [0.1, 0.15) is 33.6 Å². The van der Waals surface area contributed by atoms with Crippen LogP contribution >= 0.6 is 0 Å². The number of hydrazine groups is 2. The Morgan fingerprint density at radius 3 is 2.23 bits per heavy atom. The molecule has 0 unspecified atom stereocenters. The van der Waals surface area contributed by atoms with Crippen molar-refractivity contribution in [1.29, 1.82) is 0 Å². The maximum absolute atomic E-state index is 11.0. The highest BCUT2D eigenvalue weighted by Crippen LogP contribution is 2.25. The van der Waals surface area contributed by atoms with Crippen LogP contribution in [-0.4, -0.2) is 17.6 Å². The smallest absolute Gasteiger partial charge is 0.275 e. The van der Waals surface area contributed by atoms with Crippen molar-refractivity contribution in [3.63, 3.8) is 0 Å². The third-order valence-corrected chi connectivity index (χ3v) is 2.64. The molecule has 0 atom stereocenters. The maximum atomic E-state index is 11.0.